The van der Waals surface area contributed by atoms with Gasteiger partial charge in [-0.1, -0.05) is 76.3 Å². The second-order valence-electron chi connectivity index (χ2n) is 8.89. The van der Waals surface area contributed by atoms with E-state index in [1.54, 1.807) is 0 Å². The monoisotopic (exact) mass is 560 g/mol. The summed E-state index contributed by atoms with van der Waals surface area (Å²) in [4.78, 5) is 23.3. The second kappa shape index (κ2) is 16.7. The molecule has 0 aromatic heterocycles. The molecule has 0 saturated carbocycles. The highest BCUT2D eigenvalue weighted by Gasteiger charge is 2.44. The minimum absolute atomic E-state index is 0.0604. The quantitative estimate of drug-likeness (QED) is 0.161. The van der Waals surface area contributed by atoms with Crippen molar-refractivity contribution in [2.75, 3.05) is 6.61 Å². The molecule has 1 rings (SSSR count). The van der Waals surface area contributed by atoms with E-state index >= 15 is 0 Å². The number of aliphatic hydroxyl groups is 3. The van der Waals surface area contributed by atoms with Crippen LogP contribution in [0, 0.1) is 3.57 Å². The van der Waals surface area contributed by atoms with Gasteiger partial charge in [0.15, 0.2) is 17.2 Å². The van der Waals surface area contributed by atoms with Crippen molar-refractivity contribution in [3.8, 4) is 0 Å². The average Bonchev–Trinajstić information content (AvgIpc) is 2.77. The van der Waals surface area contributed by atoms with Crippen molar-refractivity contribution in [2.45, 2.75) is 109 Å². The standard InChI is InChI=1S/C26H41IO5/c1-21(29)25(31)26(32,20-28)24(30)18-13-11-9-7-5-3-2-4-6-8-10-12-15-22-16-14-17-23(27)19-22/h14,16-17,19,25,28,31-32H,2-13,15,18,20H2,1H3. The van der Waals surface area contributed by atoms with Gasteiger partial charge in [0.1, 0.15) is 6.10 Å². The van der Waals surface area contributed by atoms with Gasteiger partial charge in [-0.15, -0.1) is 0 Å². The summed E-state index contributed by atoms with van der Waals surface area (Å²) in [6, 6.07) is 8.75. The maximum Gasteiger partial charge on any atom is 0.178 e. The van der Waals surface area contributed by atoms with Gasteiger partial charge >= 0.3 is 0 Å². The molecule has 1 aromatic carbocycles. The summed E-state index contributed by atoms with van der Waals surface area (Å²) >= 11 is 2.37. The van der Waals surface area contributed by atoms with Gasteiger partial charge in [-0.3, -0.25) is 9.59 Å². The molecular weight excluding hydrogens is 519 g/mol. The minimum Gasteiger partial charge on any atom is -0.393 e. The second-order valence-corrected chi connectivity index (χ2v) is 10.1. The van der Waals surface area contributed by atoms with Crippen molar-refractivity contribution in [3.05, 3.63) is 33.4 Å². The zero-order valence-electron chi connectivity index (χ0n) is 19.5. The molecule has 0 aliphatic carbocycles. The van der Waals surface area contributed by atoms with Crippen LogP contribution >= 0.6 is 22.6 Å². The molecule has 0 radical (unpaired) electrons. The van der Waals surface area contributed by atoms with Gasteiger partial charge in [-0.25, -0.2) is 0 Å². The molecule has 1 aromatic rings. The van der Waals surface area contributed by atoms with Crippen LogP contribution in [0.25, 0.3) is 0 Å². The molecule has 0 aliphatic rings. The molecule has 3 N–H and O–H groups in total. The summed E-state index contributed by atoms with van der Waals surface area (Å²) in [5.41, 5.74) is -0.925. The Balaban J connectivity index is 1.94. The van der Waals surface area contributed by atoms with Gasteiger partial charge in [-0.05, 0) is 66.5 Å². The fourth-order valence-electron chi connectivity index (χ4n) is 3.95. The van der Waals surface area contributed by atoms with E-state index in [2.05, 4.69) is 46.9 Å². The van der Waals surface area contributed by atoms with Crippen LogP contribution in [0.15, 0.2) is 24.3 Å². The third kappa shape index (κ3) is 11.3. The number of hydrogen-bond donors (Lipinski definition) is 3. The van der Waals surface area contributed by atoms with Gasteiger partial charge < -0.3 is 15.3 Å². The van der Waals surface area contributed by atoms with Gasteiger partial charge in [0, 0.05) is 9.99 Å². The van der Waals surface area contributed by atoms with Gasteiger partial charge in [-0.2, -0.15) is 0 Å². The first kappa shape index (κ1) is 29.2. The van der Waals surface area contributed by atoms with Gasteiger partial charge in [0.2, 0.25) is 0 Å². The van der Waals surface area contributed by atoms with Crippen LogP contribution in [0.3, 0.4) is 0 Å². The molecule has 182 valence electrons. The average molecular weight is 561 g/mol. The highest BCUT2D eigenvalue weighted by molar-refractivity contribution is 14.1. The van der Waals surface area contributed by atoms with Crippen LogP contribution in [0.1, 0.15) is 96.0 Å². The smallest absolute Gasteiger partial charge is 0.178 e. The summed E-state index contributed by atoms with van der Waals surface area (Å²) in [6.45, 7) is 0.143. The number of Topliss-reactive ketones (excluding diaryl/α,β-unsaturated/α-hetero) is 2. The first-order valence-electron chi connectivity index (χ1n) is 12.1. The molecule has 2 atom stereocenters. The number of halogens is 1. The molecule has 0 bridgehead atoms. The van der Waals surface area contributed by atoms with Crippen molar-refractivity contribution in [3.63, 3.8) is 0 Å². The van der Waals surface area contributed by atoms with Crippen molar-refractivity contribution >= 4 is 34.2 Å². The van der Waals surface area contributed by atoms with E-state index in [0.29, 0.717) is 6.42 Å². The first-order valence-corrected chi connectivity index (χ1v) is 13.2. The summed E-state index contributed by atoms with van der Waals surface area (Å²) < 4.78 is 1.31. The van der Waals surface area contributed by atoms with Crippen LogP contribution in [-0.2, 0) is 16.0 Å². The van der Waals surface area contributed by atoms with E-state index in [1.165, 1.54) is 66.9 Å². The summed E-state index contributed by atoms with van der Waals surface area (Å²) in [7, 11) is 0. The number of carbonyl (C=O) groups is 2. The van der Waals surface area contributed by atoms with Crippen molar-refractivity contribution in [1.82, 2.24) is 0 Å². The number of unbranched alkanes of at least 4 members (excludes halogenated alkanes) is 11. The van der Waals surface area contributed by atoms with E-state index < -0.39 is 29.9 Å². The van der Waals surface area contributed by atoms with Crippen LogP contribution in [-0.4, -0.2) is 45.2 Å². The van der Waals surface area contributed by atoms with Crippen molar-refractivity contribution < 1.29 is 24.9 Å². The van der Waals surface area contributed by atoms with Crippen molar-refractivity contribution in [1.29, 1.82) is 0 Å². The summed E-state index contributed by atoms with van der Waals surface area (Å²) in [5, 5.41) is 29.1. The third-order valence-electron chi connectivity index (χ3n) is 6.07. The zero-order chi connectivity index (χ0) is 23.8. The minimum atomic E-state index is -2.37. The number of hydrogen-bond acceptors (Lipinski definition) is 5. The van der Waals surface area contributed by atoms with Crippen molar-refractivity contribution in [2.24, 2.45) is 0 Å². The molecule has 0 amide bonds. The maximum absolute atomic E-state index is 12.1. The van der Waals surface area contributed by atoms with E-state index in [1.807, 2.05) is 0 Å². The number of rotatable bonds is 19. The maximum atomic E-state index is 12.1. The zero-order valence-corrected chi connectivity index (χ0v) is 21.7. The molecule has 2 unspecified atom stereocenters. The normalized spacial score (nSPS) is 14.2. The molecule has 0 spiro atoms. The lowest BCUT2D eigenvalue weighted by molar-refractivity contribution is -0.164. The fourth-order valence-corrected chi connectivity index (χ4v) is 4.56. The summed E-state index contributed by atoms with van der Waals surface area (Å²) in [5.74, 6) is -1.39. The van der Waals surface area contributed by atoms with E-state index in [4.69, 9.17) is 0 Å². The largest absolute Gasteiger partial charge is 0.393 e. The molecule has 0 heterocycles. The molecule has 6 heteroatoms. The highest BCUT2D eigenvalue weighted by atomic mass is 127. The van der Waals surface area contributed by atoms with Gasteiger partial charge in [0.25, 0.3) is 0 Å². The number of carbonyl (C=O) groups excluding carboxylic acids is 2. The fraction of sp³-hybridized carbons (Fsp3) is 0.692. The Kier molecular flexibility index (Phi) is 15.3. The molecule has 0 fully saturated rings. The molecular formula is C26H41IO5. The number of benzene rings is 1. The van der Waals surface area contributed by atoms with Crippen LogP contribution in [0.5, 0.6) is 0 Å². The summed E-state index contributed by atoms with van der Waals surface area (Å²) in [6.07, 6.45) is 13.2. The predicted molar refractivity (Wildman–Crippen MR) is 137 cm³/mol. The van der Waals surface area contributed by atoms with Crippen LogP contribution in [0.4, 0.5) is 0 Å². The van der Waals surface area contributed by atoms with E-state index in [-0.39, 0.29) is 6.42 Å². The number of aryl methyl sites for hydroxylation is 1. The Hall–Kier alpha value is -0.830. The lowest BCUT2D eigenvalue weighted by atomic mass is 9.87. The number of aliphatic hydroxyl groups excluding tert-OH is 2. The molecule has 0 aliphatic heterocycles. The SMILES string of the molecule is CC(=O)C(O)C(O)(CO)C(=O)CCCCCCCCCCCCCCc1cccc(I)c1. The van der Waals surface area contributed by atoms with Crippen LogP contribution in [0.2, 0.25) is 0 Å². The van der Waals surface area contributed by atoms with Crippen LogP contribution < -0.4 is 0 Å². The van der Waals surface area contributed by atoms with Gasteiger partial charge in [0.05, 0.1) is 6.61 Å². The topological polar surface area (TPSA) is 94.8 Å². The van der Waals surface area contributed by atoms with E-state index in [0.717, 1.165) is 26.2 Å². The highest BCUT2D eigenvalue weighted by Crippen LogP contribution is 2.18. The predicted octanol–water partition coefficient (Wildman–Crippen LogP) is 5.15. The first-order chi connectivity index (χ1) is 15.3. The lowest BCUT2D eigenvalue weighted by Crippen LogP contribution is -2.55. The lowest BCUT2D eigenvalue weighted by Gasteiger charge is -2.28. The molecule has 0 saturated heterocycles. The Labute approximate surface area is 207 Å². The Morgan fingerprint density at radius 3 is 1.88 bits per heavy atom. The molecule has 32 heavy (non-hydrogen) atoms. The number of ketones is 2. The Morgan fingerprint density at radius 2 is 1.41 bits per heavy atom. The van der Waals surface area contributed by atoms with E-state index in [9.17, 15) is 24.9 Å². The third-order valence-corrected chi connectivity index (χ3v) is 6.74. The Morgan fingerprint density at radius 1 is 0.906 bits per heavy atom. The Bertz CT molecular complexity index is 678. The molecule has 5 nitrogen and oxygen atoms in total.